The molecule has 4 nitrogen and oxygen atoms in total. The van der Waals surface area contributed by atoms with E-state index < -0.39 is 6.29 Å². The Balaban J connectivity index is 1.50. The fourth-order valence-corrected chi connectivity index (χ4v) is 7.28. The number of aliphatic hydroxyl groups is 1. The molecule has 2 saturated carbocycles. The van der Waals surface area contributed by atoms with E-state index in [0.29, 0.717) is 12.0 Å². The van der Waals surface area contributed by atoms with Crippen molar-refractivity contribution in [3.05, 3.63) is 114 Å². The van der Waals surface area contributed by atoms with Gasteiger partial charge in [-0.25, -0.2) is 0 Å². The maximum atomic E-state index is 13.0. The minimum absolute atomic E-state index is 0.0437. The van der Waals surface area contributed by atoms with Crippen LogP contribution >= 0.6 is 0 Å². The highest BCUT2D eigenvalue weighted by molar-refractivity contribution is 5.97. The van der Waals surface area contributed by atoms with E-state index in [4.69, 9.17) is 9.47 Å². The van der Waals surface area contributed by atoms with E-state index in [0.717, 1.165) is 68.9 Å². The standard InChI is InChI=1S/C43H58O4/c1-6-35(41(45)47-43(9-4)28-15-16-29-43)21-17-18-34(31-36(7-2)38-19-11-10-12-20-38)30-33(5)37-22-24-39(25-23-37)40(44)32-46-42(8-3)26-13-14-27-42/h6,10-12,17-20,22-25,30-31,33,35,41,45H,1,7-9,13-16,21,26-29,32H2,2-5H3/b18-17+,34-30-,36-31+. The first-order chi connectivity index (χ1) is 22.8. The van der Waals surface area contributed by atoms with Crippen molar-refractivity contribution in [2.45, 2.75) is 128 Å². The number of ketones is 1. The van der Waals surface area contributed by atoms with Crippen LogP contribution in [0.3, 0.4) is 0 Å². The Labute approximate surface area is 284 Å². The highest BCUT2D eigenvalue weighted by Crippen LogP contribution is 2.38. The highest BCUT2D eigenvalue weighted by Gasteiger charge is 2.36. The van der Waals surface area contributed by atoms with Crippen LogP contribution in [-0.2, 0) is 9.47 Å². The number of aliphatic hydroxyl groups excluding tert-OH is 1. The molecule has 2 aromatic carbocycles. The van der Waals surface area contributed by atoms with Crippen LogP contribution in [0, 0.1) is 5.92 Å². The zero-order valence-corrected chi connectivity index (χ0v) is 29.4. The fraction of sp³-hybridized carbons (Fsp3) is 0.512. The molecule has 1 N–H and O–H groups in total. The van der Waals surface area contributed by atoms with Crippen LogP contribution in [0.4, 0.5) is 0 Å². The molecule has 2 aliphatic carbocycles. The number of Topliss-reactive ketones (excluding diaryl/α,β-unsaturated/α-hetero) is 1. The van der Waals surface area contributed by atoms with Crippen molar-refractivity contribution in [2.75, 3.05) is 6.61 Å². The summed E-state index contributed by atoms with van der Waals surface area (Å²) >= 11 is 0. The Hall–Kier alpha value is -3.05. The molecule has 2 aromatic rings. The molecule has 0 radical (unpaired) electrons. The predicted octanol–water partition coefficient (Wildman–Crippen LogP) is 10.9. The largest absolute Gasteiger partial charge is 0.367 e. The van der Waals surface area contributed by atoms with Gasteiger partial charge >= 0.3 is 0 Å². The maximum Gasteiger partial charge on any atom is 0.188 e. The van der Waals surface area contributed by atoms with Crippen LogP contribution in [0.2, 0.25) is 0 Å². The van der Waals surface area contributed by atoms with Gasteiger partial charge in [0.1, 0.15) is 6.61 Å². The molecule has 3 atom stereocenters. The lowest BCUT2D eigenvalue weighted by Gasteiger charge is -2.33. The molecular formula is C43H58O4. The van der Waals surface area contributed by atoms with Crippen molar-refractivity contribution in [1.29, 1.82) is 0 Å². The van der Waals surface area contributed by atoms with Gasteiger partial charge in [-0.1, -0.05) is 138 Å². The maximum absolute atomic E-state index is 13.0. The number of benzene rings is 2. The van der Waals surface area contributed by atoms with E-state index in [-0.39, 0.29) is 35.4 Å². The third kappa shape index (κ3) is 10.2. The van der Waals surface area contributed by atoms with Crippen LogP contribution in [0.5, 0.6) is 0 Å². The molecule has 4 rings (SSSR count). The summed E-state index contributed by atoms with van der Waals surface area (Å²) in [5.74, 6) is -0.0206. The van der Waals surface area contributed by atoms with Crippen LogP contribution in [-0.4, -0.2) is 35.0 Å². The van der Waals surface area contributed by atoms with Crippen molar-refractivity contribution < 1.29 is 19.4 Å². The molecular weight excluding hydrogens is 580 g/mol. The second kappa shape index (κ2) is 17.9. The van der Waals surface area contributed by atoms with E-state index in [2.05, 4.69) is 95.0 Å². The second-order valence-electron chi connectivity index (χ2n) is 13.7. The first-order valence-electron chi connectivity index (χ1n) is 18.2. The van der Waals surface area contributed by atoms with Gasteiger partial charge in [0.2, 0.25) is 0 Å². The summed E-state index contributed by atoms with van der Waals surface area (Å²) in [5.41, 5.74) is 5.10. The fourth-order valence-electron chi connectivity index (χ4n) is 7.28. The second-order valence-corrected chi connectivity index (χ2v) is 13.7. The minimum atomic E-state index is -0.870. The Kier molecular flexibility index (Phi) is 14.0. The summed E-state index contributed by atoms with van der Waals surface area (Å²) in [4.78, 5) is 13.0. The summed E-state index contributed by atoms with van der Waals surface area (Å²) < 4.78 is 12.5. The van der Waals surface area contributed by atoms with Crippen LogP contribution in [0.15, 0.2) is 97.1 Å². The molecule has 0 heterocycles. The normalized spacial score (nSPS) is 19.9. The lowest BCUT2D eigenvalue weighted by Crippen LogP contribution is -2.36. The number of carbonyl (C=O) groups excluding carboxylic acids is 1. The zero-order valence-electron chi connectivity index (χ0n) is 29.4. The topological polar surface area (TPSA) is 55.8 Å². The van der Waals surface area contributed by atoms with E-state index in [1.54, 1.807) is 0 Å². The number of carbonyl (C=O) groups is 1. The van der Waals surface area contributed by atoms with Crippen LogP contribution in [0.25, 0.3) is 5.57 Å². The number of hydrogen-bond acceptors (Lipinski definition) is 4. The van der Waals surface area contributed by atoms with Crippen LogP contribution < -0.4 is 0 Å². The molecule has 47 heavy (non-hydrogen) atoms. The van der Waals surface area contributed by atoms with Gasteiger partial charge in [0.05, 0.1) is 11.2 Å². The quantitative estimate of drug-likeness (QED) is 0.0764. The van der Waals surface area contributed by atoms with Crippen molar-refractivity contribution in [2.24, 2.45) is 5.92 Å². The molecule has 0 bridgehead atoms. The first kappa shape index (κ1) is 36.8. The van der Waals surface area contributed by atoms with Gasteiger partial charge in [0.25, 0.3) is 0 Å². The number of hydrogen-bond donors (Lipinski definition) is 1. The summed E-state index contributed by atoms with van der Waals surface area (Å²) in [6.07, 6.45) is 22.0. The van der Waals surface area contributed by atoms with Crippen LogP contribution in [0.1, 0.15) is 132 Å². The molecule has 0 amide bonds. The lowest BCUT2D eigenvalue weighted by atomic mass is 9.94. The van der Waals surface area contributed by atoms with E-state index in [1.165, 1.54) is 24.0 Å². The molecule has 0 spiro atoms. The molecule has 0 aliphatic heterocycles. The third-order valence-electron chi connectivity index (χ3n) is 10.7. The molecule has 254 valence electrons. The van der Waals surface area contributed by atoms with Crippen molar-refractivity contribution in [3.63, 3.8) is 0 Å². The average Bonchev–Trinajstić information content (AvgIpc) is 3.79. The SMILES string of the molecule is C=CC(C/C=C/C(=C/C(C)c1ccc(C(=O)COC2(CC)CCCC2)cc1)/C=C(\CC)c1ccccc1)C(O)OC1(CC)CCCC1. The van der Waals surface area contributed by atoms with Gasteiger partial charge in [-0.15, -0.1) is 6.58 Å². The van der Waals surface area contributed by atoms with Gasteiger partial charge in [-0.05, 0) is 79.6 Å². The summed E-state index contributed by atoms with van der Waals surface area (Å²) in [6.45, 7) is 12.9. The number of ether oxygens (including phenoxy) is 2. The molecule has 4 heteroatoms. The van der Waals surface area contributed by atoms with E-state index in [1.807, 2.05) is 24.3 Å². The lowest BCUT2D eigenvalue weighted by molar-refractivity contribution is -0.201. The van der Waals surface area contributed by atoms with E-state index in [9.17, 15) is 9.90 Å². The monoisotopic (exact) mass is 638 g/mol. The summed E-state index contributed by atoms with van der Waals surface area (Å²) in [6, 6.07) is 18.5. The smallest absolute Gasteiger partial charge is 0.188 e. The summed E-state index contributed by atoms with van der Waals surface area (Å²) in [7, 11) is 0. The Morgan fingerprint density at radius 1 is 0.894 bits per heavy atom. The van der Waals surface area contributed by atoms with Crippen molar-refractivity contribution >= 4 is 11.4 Å². The zero-order chi connectivity index (χ0) is 33.7. The summed E-state index contributed by atoms with van der Waals surface area (Å²) in [5, 5.41) is 11.0. The Morgan fingerprint density at radius 2 is 1.51 bits per heavy atom. The van der Waals surface area contributed by atoms with Gasteiger partial charge in [0, 0.05) is 11.5 Å². The highest BCUT2D eigenvalue weighted by atomic mass is 16.6. The van der Waals surface area contributed by atoms with Gasteiger partial charge < -0.3 is 14.6 Å². The van der Waals surface area contributed by atoms with Crippen molar-refractivity contribution in [3.8, 4) is 0 Å². The average molecular weight is 639 g/mol. The minimum Gasteiger partial charge on any atom is -0.367 e. The van der Waals surface area contributed by atoms with Crippen molar-refractivity contribution in [1.82, 2.24) is 0 Å². The van der Waals surface area contributed by atoms with Gasteiger partial charge in [-0.2, -0.15) is 0 Å². The molecule has 0 aromatic heterocycles. The predicted molar refractivity (Wildman–Crippen MR) is 195 cm³/mol. The number of rotatable bonds is 18. The van der Waals surface area contributed by atoms with Gasteiger partial charge in [-0.3, -0.25) is 4.79 Å². The Morgan fingerprint density at radius 3 is 2.09 bits per heavy atom. The molecule has 3 unspecified atom stereocenters. The number of allylic oxidation sites excluding steroid dienone is 6. The molecule has 0 saturated heterocycles. The van der Waals surface area contributed by atoms with E-state index >= 15 is 0 Å². The first-order valence-corrected chi connectivity index (χ1v) is 18.2. The molecule has 2 aliphatic rings. The third-order valence-corrected chi connectivity index (χ3v) is 10.7. The molecule has 2 fully saturated rings. The Bertz CT molecular complexity index is 1350. The van der Waals surface area contributed by atoms with Gasteiger partial charge in [0.15, 0.2) is 12.1 Å².